The Hall–Kier alpha value is -4.32. The number of anilines is 2. The molecule has 9 heteroatoms. The molecule has 9 nitrogen and oxygen atoms in total. The third kappa shape index (κ3) is 4.82. The molecule has 1 amide bonds. The van der Waals surface area contributed by atoms with Gasteiger partial charge in [0.2, 0.25) is 5.95 Å². The Morgan fingerprint density at radius 2 is 1.84 bits per heavy atom. The average Bonchev–Trinajstić information content (AvgIpc) is 3.29. The number of hydrogen-bond acceptors (Lipinski definition) is 7. The maximum atomic E-state index is 12.3. The third-order valence-corrected chi connectivity index (χ3v) is 4.22. The highest BCUT2D eigenvalue weighted by Crippen LogP contribution is 2.19. The molecular formula is C22H22N8O. The number of carbonyl (C=O) groups excluding carboxylic acids is 1. The molecule has 4 rings (SSSR count). The fraction of sp³-hybridized carbons (Fsp3) is 0.182. The van der Waals surface area contributed by atoms with E-state index < -0.39 is 0 Å². The van der Waals surface area contributed by atoms with Gasteiger partial charge in [-0.25, -0.2) is 19.9 Å². The van der Waals surface area contributed by atoms with E-state index in [1.54, 1.807) is 30.9 Å². The van der Waals surface area contributed by atoms with Crippen molar-refractivity contribution in [3.63, 3.8) is 0 Å². The highest BCUT2D eigenvalue weighted by molar-refractivity contribution is 6.03. The lowest BCUT2D eigenvalue weighted by molar-refractivity contribution is 0.102. The molecule has 4 heterocycles. The molecule has 4 aromatic heterocycles. The van der Waals surface area contributed by atoms with Gasteiger partial charge in [-0.05, 0) is 19.9 Å². The van der Waals surface area contributed by atoms with Gasteiger partial charge >= 0.3 is 0 Å². The van der Waals surface area contributed by atoms with Gasteiger partial charge in [0.1, 0.15) is 16.9 Å². The van der Waals surface area contributed by atoms with Crippen LogP contribution in [0.25, 0.3) is 11.0 Å². The predicted molar refractivity (Wildman–Crippen MR) is 119 cm³/mol. The molecule has 4 N–H and O–H groups in total. The number of hydrogen-bond donors (Lipinski definition) is 3. The van der Waals surface area contributed by atoms with Gasteiger partial charge in [-0.3, -0.25) is 15.1 Å². The molecule has 0 saturated carbocycles. The van der Waals surface area contributed by atoms with Crippen LogP contribution in [0.1, 0.15) is 46.7 Å². The van der Waals surface area contributed by atoms with Crippen LogP contribution in [0.15, 0.2) is 37.1 Å². The fourth-order valence-electron chi connectivity index (χ4n) is 2.61. The Balaban J connectivity index is 0.00000132. The van der Waals surface area contributed by atoms with Gasteiger partial charge in [-0.1, -0.05) is 25.7 Å². The second kappa shape index (κ2) is 9.45. The van der Waals surface area contributed by atoms with Crippen LogP contribution in [0.2, 0.25) is 0 Å². The number of nitrogens with two attached hydrogens (primary N) is 1. The summed E-state index contributed by atoms with van der Waals surface area (Å²) in [4.78, 5) is 36.4. The van der Waals surface area contributed by atoms with E-state index in [-0.39, 0.29) is 11.7 Å². The Labute approximate surface area is 179 Å². The first-order chi connectivity index (χ1) is 15.0. The van der Waals surface area contributed by atoms with E-state index in [1.807, 2.05) is 27.7 Å². The van der Waals surface area contributed by atoms with Crippen molar-refractivity contribution in [2.45, 2.75) is 27.7 Å². The smallest absolute Gasteiger partial charge is 0.259 e. The van der Waals surface area contributed by atoms with E-state index in [1.165, 1.54) is 6.20 Å². The number of H-pyrrole nitrogens is 1. The first-order valence-electron chi connectivity index (χ1n) is 9.68. The highest BCUT2D eigenvalue weighted by Gasteiger charge is 2.10. The van der Waals surface area contributed by atoms with Crippen LogP contribution in [0, 0.1) is 25.7 Å². The molecule has 0 spiro atoms. The summed E-state index contributed by atoms with van der Waals surface area (Å²) >= 11 is 0. The van der Waals surface area contributed by atoms with Gasteiger partial charge < -0.3 is 10.7 Å². The first-order valence-corrected chi connectivity index (χ1v) is 9.68. The Morgan fingerprint density at radius 1 is 1.06 bits per heavy atom. The number of rotatable bonds is 2. The second-order valence-corrected chi connectivity index (χ2v) is 6.25. The van der Waals surface area contributed by atoms with Crippen LogP contribution in [-0.2, 0) is 0 Å². The van der Waals surface area contributed by atoms with Crippen LogP contribution in [0.4, 0.5) is 11.8 Å². The van der Waals surface area contributed by atoms with E-state index in [4.69, 9.17) is 5.73 Å². The molecule has 0 bridgehead atoms. The number of aryl methyl sites for hydroxylation is 2. The van der Waals surface area contributed by atoms with E-state index in [0.717, 1.165) is 11.4 Å². The number of nitrogens with one attached hydrogen (secondary N) is 2. The van der Waals surface area contributed by atoms with Gasteiger partial charge in [0, 0.05) is 30.4 Å². The Kier molecular flexibility index (Phi) is 6.52. The number of pyridine rings is 2. The topological polar surface area (TPSA) is 135 Å². The average molecular weight is 414 g/mol. The molecule has 0 radical (unpaired) electrons. The number of nitrogens with zero attached hydrogens (tertiary/aromatic N) is 5. The number of amides is 1. The molecule has 0 unspecified atom stereocenters. The molecular weight excluding hydrogens is 392 g/mol. The van der Waals surface area contributed by atoms with Gasteiger partial charge in [-0.15, -0.1) is 0 Å². The summed E-state index contributed by atoms with van der Waals surface area (Å²) in [5, 5.41) is 2.64. The van der Waals surface area contributed by atoms with Crippen molar-refractivity contribution in [3.05, 3.63) is 65.1 Å². The zero-order valence-corrected chi connectivity index (χ0v) is 17.7. The van der Waals surface area contributed by atoms with Crippen LogP contribution in [0.5, 0.6) is 0 Å². The van der Waals surface area contributed by atoms with Crippen LogP contribution in [0.3, 0.4) is 0 Å². The number of imidazole rings is 1. The van der Waals surface area contributed by atoms with E-state index >= 15 is 0 Å². The third-order valence-electron chi connectivity index (χ3n) is 4.22. The monoisotopic (exact) mass is 414 g/mol. The van der Waals surface area contributed by atoms with Gasteiger partial charge in [-0.2, -0.15) is 0 Å². The van der Waals surface area contributed by atoms with E-state index in [0.29, 0.717) is 33.7 Å². The molecule has 0 aromatic carbocycles. The second-order valence-electron chi connectivity index (χ2n) is 6.25. The molecule has 0 fully saturated rings. The van der Waals surface area contributed by atoms with Crippen LogP contribution in [-0.4, -0.2) is 35.8 Å². The fourth-order valence-corrected chi connectivity index (χ4v) is 2.61. The summed E-state index contributed by atoms with van der Waals surface area (Å²) in [7, 11) is 0. The Morgan fingerprint density at radius 3 is 2.58 bits per heavy atom. The zero-order chi connectivity index (χ0) is 22.4. The van der Waals surface area contributed by atoms with E-state index in [9.17, 15) is 4.79 Å². The van der Waals surface area contributed by atoms with E-state index in [2.05, 4.69) is 47.1 Å². The molecule has 0 aliphatic carbocycles. The number of aromatic amines is 1. The summed E-state index contributed by atoms with van der Waals surface area (Å²) in [6.07, 6.45) is 7.76. The maximum Gasteiger partial charge on any atom is 0.259 e. The lowest BCUT2D eigenvalue weighted by Crippen LogP contribution is -2.13. The zero-order valence-electron chi connectivity index (χ0n) is 17.7. The highest BCUT2D eigenvalue weighted by atomic mass is 16.1. The summed E-state index contributed by atoms with van der Waals surface area (Å²) in [6.45, 7) is 7.76. The minimum Gasteiger partial charge on any atom is -0.383 e. The largest absolute Gasteiger partial charge is 0.383 e. The predicted octanol–water partition coefficient (Wildman–Crippen LogP) is 3.02. The van der Waals surface area contributed by atoms with Crippen molar-refractivity contribution < 1.29 is 4.79 Å². The van der Waals surface area contributed by atoms with Crippen LogP contribution >= 0.6 is 0 Å². The molecule has 156 valence electrons. The quantitative estimate of drug-likeness (QED) is 0.429. The first kappa shape index (κ1) is 21.4. The van der Waals surface area contributed by atoms with Crippen molar-refractivity contribution in [2.75, 3.05) is 11.1 Å². The number of nitrogen functional groups attached to an aromatic ring is 1. The summed E-state index contributed by atoms with van der Waals surface area (Å²) in [5.74, 6) is 6.25. The van der Waals surface area contributed by atoms with Crippen LogP contribution < -0.4 is 11.1 Å². The number of carbonyl (C=O) groups is 1. The van der Waals surface area contributed by atoms with Gasteiger partial charge in [0.05, 0.1) is 28.7 Å². The standard InChI is InChI=1S/C20H16N8O.C2H6/c1-11-12(2)27-17-15(18(21)25-10-16(17)26-11)4-3-13-7-14(9-22-8-13)19(29)28-20-23-5-6-24-20;1-2/h5-10H,1-2H3,(H2,21,25)(H2,23,24,28,29);1-2H3. The lowest BCUT2D eigenvalue weighted by Gasteiger charge is -2.05. The molecule has 0 atom stereocenters. The minimum absolute atomic E-state index is 0.266. The number of fused-ring (bicyclic) bond motifs is 1. The van der Waals surface area contributed by atoms with Crippen molar-refractivity contribution >= 4 is 28.7 Å². The molecule has 0 aliphatic heterocycles. The molecule has 0 saturated heterocycles. The van der Waals surface area contributed by atoms with Crippen molar-refractivity contribution in [1.82, 2.24) is 29.9 Å². The van der Waals surface area contributed by atoms with Gasteiger partial charge in [0.25, 0.3) is 5.91 Å². The van der Waals surface area contributed by atoms with Gasteiger partial charge in [0.15, 0.2) is 0 Å². The molecule has 31 heavy (non-hydrogen) atoms. The minimum atomic E-state index is -0.348. The summed E-state index contributed by atoms with van der Waals surface area (Å²) in [6, 6.07) is 1.63. The SMILES string of the molecule is CC.Cc1nc2cnc(N)c(C#Cc3cncc(C(=O)Nc4ncc[nH]4)c3)c2nc1C. The van der Waals surface area contributed by atoms with Crippen molar-refractivity contribution in [1.29, 1.82) is 0 Å². The Bertz CT molecular complexity index is 1290. The van der Waals surface area contributed by atoms with Crippen molar-refractivity contribution in [2.24, 2.45) is 0 Å². The lowest BCUT2D eigenvalue weighted by atomic mass is 10.1. The molecule has 0 aliphatic rings. The normalized spacial score (nSPS) is 9.94. The summed E-state index contributed by atoms with van der Waals surface area (Å²) < 4.78 is 0. The number of aromatic nitrogens is 6. The molecule has 4 aromatic rings. The summed E-state index contributed by atoms with van der Waals surface area (Å²) in [5.41, 5.74) is 10.2. The van der Waals surface area contributed by atoms with Crippen molar-refractivity contribution in [3.8, 4) is 11.8 Å². The maximum absolute atomic E-state index is 12.3.